The van der Waals surface area contributed by atoms with Crippen LogP contribution in [-0.2, 0) is 6.42 Å². The van der Waals surface area contributed by atoms with Gasteiger partial charge in [0.2, 0.25) is 0 Å². The third-order valence-electron chi connectivity index (χ3n) is 5.02. The van der Waals surface area contributed by atoms with Crippen LogP contribution < -0.4 is 10.6 Å². The first-order valence-electron chi connectivity index (χ1n) is 8.51. The molecular weight excluding hydrogens is 308 g/mol. The van der Waals surface area contributed by atoms with Crippen molar-refractivity contribution in [2.24, 2.45) is 0 Å². The molecule has 4 nitrogen and oxygen atoms in total. The Bertz CT molecular complexity index is 558. The van der Waals surface area contributed by atoms with Gasteiger partial charge in [0, 0.05) is 18.4 Å². The molecule has 1 aromatic carbocycles. The van der Waals surface area contributed by atoms with Crippen LogP contribution >= 0.6 is 11.8 Å². The first kappa shape index (κ1) is 16.7. The van der Waals surface area contributed by atoms with Gasteiger partial charge in [0.25, 0.3) is 0 Å². The molecule has 0 bridgehead atoms. The predicted octanol–water partition coefficient (Wildman–Crippen LogP) is 2.96. The molecule has 5 heteroatoms. The Morgan fingerprint density at radius 2 is 2.35 bits per heavy atom. The fraction of sp³-hybridized carbons (Fsp3) is 0.611. The molecule has 0 spiro atoms. The van der Waals surface area contributed by atoms with Gasteiger partial charge in [-0.3, -0.25) is 0 Å². The lowest BCUT2D eigenvalue weighted by atomic mass is 9.84. The molecule has 2 amide bonds. The average molecular weight is 334 g/mol. The zero-order valence-electron chi connectivity index (χ0n) is 13.7. The summed E-state index contributed by atoms with van der Waals surface area (Å²) in [6.45, 7) is 0.100. The lowest BCUT2D eigenvalue weighted by Gasteiger charge is -2.20. The van der Waals surface area contributed by atoms with E-state index in [0.717, 1.165) is 12.2 Å². The smallest absolute Gasteiger partial charge is 0.315 e. The molecule has 3 atom stereocenters. The summed E-state index contributed by atoms with van der Waals surface area (Å²) >= 11 is 1.68. The van der Waals surface area contributed by atoms with Gasteiger partial charge in [-0.2, -0.15) is 11.8 Å². The van der Waals surface area contributed by atoms with Crippen molar-refractivity contribution in [2.75, 3.05) is 18.6 Å². The van der Waals surface area contributed by atoms with Crippen molar-refractivity contribution in [2.45, 2.75) is 50.1 Å². The quantitative estimate of drug-likeness (QED) is 0.749. The van der Waals surface area contributed by atoms with Gasteiger partial charge >= 0.3 is 6.03 Å². The number of carbonyl (C=O) groups is 1. The SMILES string of the molecule is CSCC(CCO)NC(=O)NC1CC2CCCc3cccc1c32. The molecule has 23 heavy (non-hydrogen) atoms. The Morgan fingerprint density at radius 1 is 1.48 bits per heavy atom. The summed E-state index contributed by atoms with van der Waals surface area (Å²) in [6, 6.07) is 6.56. The fourth-order valence-corrected chi connectivity index (χ4v) is 4.71. The Hall–Kier alpha value is -1.20. The summed E-state index contributed by atoms with van der Waals surface area (Å²) in [5, 5.41) is 15.3. The molecule has 1 aromatic rings. The van der Waals surface area contributed by atoms with E-state index in [4.69, 9.17) is 5.11 Å². The van der Waals surface area contributed by atoms with E-state index in [2.05, 4.69) is 28.8 Å². The number of urea groups is 1. The van der Waals surface area contributed by atoms with Crippen molar-refractivity contribution in [1.82, 2.24) is 10.6 Å². The maximum Gasteiger partial charge on any atom is 0.315 e. The molecule has 0 saturated carbocycles. The van der Waals surface area contributed by atoms with Gasteiger partial charge in [-0.15, -0.1) is 0 Å². The van der Waals surface area contributed by atoms with E-state index >= 15 is 0 Å². The zero-order valence-corrected chi connectivity index (χ0v) is 14.5. The zero-order chi connectivity index (χ0) is 16.2. The number of nitrogens with one attached hydrogen (secondary N) is 2. The lowest BCUT2D eigenvalue weighted by Crippen LogP contribution is -2.44. The summed E-state index contributed by atoms with van der Waals surface area (Å²) in [7, 11) is 0. The number of aryl methyl sites for hydroxylation is 1. The van der Waals surface area contributed by atoms with Gasteiger partial charge < -0.3 is 15.7 Å². The second kappa shape index (κ2) is 7.58. The van der Waals surface area contributed by atoms with Crippen molar-refractivity contribution >= 4 is 17.8 Å². The number of aliphatic hydroxyl groups excluding tert-OH is 1. The number of rotatable bonds is 6. The minimum atomic E-state index is -0.112. The van der Waals surface area contributed by atoms with Crippen LogP contribution in [0.2, 0.25) is 0 Å². The summed E-state index contributed by atoms with van der Waals surface area (Å²) in [4.78, 5) is 12.4. The third-order valence-corrected chi connectivity index (χ3v) is 5.75. The number of hydrogen-bond acceptors (Lipinski definition) is 3. The number of hydrogen-bond donors (Lipinski definition) is 3. The fourth-order valence-electron chi connectivity index (χ4n) is 4.06. The topological polar surface area (TPSA) is 61.4 Å². The lowest BCUT2D eigenvalue weighted by molar-refractivity contribution is 0.227. The second-order valence-electron chi connectivity index (χ2n) is 6.58. The second-order valence-corrected chi connectivity index (χ2v) is 7.49. The van der Waals surface area contributed by atoms with Crippen LogP contribution in [0.5, 0.6) is 0 Å². The van der Waals surface area contributed by atoms with Crippen LogP contribution in [0.1, 0.15) is 54.3 Å². The minimum Gasteiger partial charge on any atom is -0.396 e. The number of amides is 2. The first-order valence-corrected chi connectivity index (χ1v) is 9.90. The van der Waals surface area contributed by atoms with Crippen molar-refractivity contribution in [3.63, 3.8) is 0 Å². The summed E-state index contributed by atoms with van der Waals surface area (Å²) < 4.78 is 0. The van der Waals surface area contributed by atoms with Crippen LogP contribution in [-0.4, -0.2) is 35.8 Å². The number of thioether (sulfide) groups is 1. The average Bonchev–Trinajstić information content (AvgIpc) is 2.88. The summed E-state index contributed by atoms with van der Waals surface area (Å²) in [6.07, 6.45) is 7.30. The number of carbonyl (C=O) groups excluding carboxylic acids is 1. The molecule has 126 valence electrons. The molecule has 0 fully saturated rings. The van der Waals surface area contributed by atoms with Gasteiger partial charge in [-0.25, -0.2) is 4.79 Å². The van der Waals surface area contributed by atoms with Crippen molar-refractivity contribution < 1.29 is 9.90 Å². The van der Waals surface area contributed by atoms with Crippen molar-refractivity contribution in [1.29, 1.82) is 0 Å². The minimum absolute atomic E-state index is 0.0219. The molecule has 2 aliphatic carbocycles. The van der Waals surface area contributed by atoms with Crippen LogP contribution in [0.4, 0.5) is 4.79 Å². The van der Waals surface area contributed by atoms with Crippen LogP contribution in [0.25, 0.3) is 0 Å². The van der Waals surface area contributed by atoms with E-state index in [0.29, 0.717) is 12.3 Å². The maximum atomic E-state index is 12.4. The summed E-state index contributed by atoms with van der Waals surface area (Å²) in [5.41, 5.74) is 4.29. The van der Waals surface area contributed by atoms with E-state index in [1.165, 1.54) is 36.0 Å². The van der Waals surface area contributed by atoms with Crippen LogP contribution in [0, 0.1) is 0 Å². The molecule has 0 aromatic heterocycles. The highest BCUT2D eigenvalue weighted by Crippen LogP contribution is 2.47. The molecule has 3 rings (SSSR count). The summed E-state index contributed by atoms with van der Waals surface area (Å²) in [5.74, 6) is 1.43. The molecule has 0 saturated heterocycles. The maximum absolute atomic E-state index is 12.4. The first-order chi connectivity index (χ1) is 11.2. The third kappa shape index (κ3) is 3.66. The van der Waals surface area contributed by atoms with Gasteiger partial charge in [0.15, 0.2) is 0 Å². The molecule has 0 radical (unpaired) electrons. The highest BCUT2D eigenvalue weighted by molar-refractivity contribution is 7.98. The van der Waals surface area contributed by atoms with Gasteiger partial charge in [-0.1, -0.05) is 18.2 Å². The monoisotopic (exact) mass is 334 g/mol. The predicted molar refractivity (Wildman–Crippen MR) is 95.0 cm³/mol. The van der Waals surface area contributed by atoms with E-state index in [9.17, 15) is 4.79 Å². The van der Waals surface area contributed by atoms with Gasteiger partial charge in [0.1, 0.15) is 0 Å². The molecule has 3 N–H and O–H groups in total. The van der Waals surface area contributed by atoms with Crippen LogP contribution in [0.3, 0.4) is 0 Å². The Labute approximate surface area is 142 Å². The molecule has 0 heterocycles. The molecular formula is C18H26N2O2S. The van der Waals surface area contributed by atoms with Crippen molar-refractivity contribution in [3.05, 3.63) is 34.9 Å². The van der Waals surface area contributed by atoms with E-state index < -0.39 is 0 Å². The number of benzene rings is 1. The van der Waals surface area contributed by atoms with Gasteiger partial charge in [-0.05, 0) is 61.0 Å². The normalized spacial score (nSPS) is 23.2. The van der Waals surface area contributed by atoms with Gasteiger partial charge in [0.05, 0.1) is 6.04 Å². The molecule has 2 aliphatic rings. The largest absolute Gasteiger partial charge is 0.396 e. The number of aliphatic hydroxyl groups is 1. The highest BCUT2D eigenvalue weighted by Gasteiger charge is 2.35. The Balaban J connectivity index is 1.65. The van der Waals surface area contributed by atoms with Crippen LogP contribution in [0.15, 0.2) is 18.2 Å². The van der Waals surface area contributed by atoms with E-state index in [1.54, 1.807) is 11.8 Å². The molecule has 3 unspecified atom stereocenters. The van der Waals surface area contributed by atoms with E-state index in [1.807, 2.05) is 6.26 Å². The Morgan fingerprint density at radius 3 is 3.13 bits per heavy atom. The van der Waals surface area contributed by atoms with Crippen molar-refractivity contribution in [3.8, 4) is 0 Å². The van der Waals surface area contributed by atoms with E-state index in [-0.39, 0.29) is 24.7 Å². The molecule has 0 aliphatic heterocycles. The highest BCUT2D eigenvalue weighted by atomic mass is 32.2. The Kier molecular flexibility index (Phi) is 5.49. The standard InChI is InChI=1S/C18H26N2O2S/c1-23-11-14(8-9-21)19-18(22)20-16-10-13-6-2-4-12-5-3-7-15(16)17(12)13/h3,5,7,13-14,16,21H,2,4,6,8-11H2,1H3,(H2,19,20,22).